The number of halogens is 1. The number of nitrogens with one attached hydrogen (secondary N) is 3. The number of urea groups is 1. The van der Waals surface area contributed by atoms with Gasteiger partial charge in [-0.15, -0.1) is 0 Å². The van der Waals surface area contributed by atoms with Crippen molar-refractivity contribution in [3.8, 4) is 0 Å². The minimum atomic E-state index is -0.500. The van der Waals surface area contributed by atoms with Crippen molar-refractivity contribution in [2.45, 2.75) is 32.4 Å². The van der Waals surface area contributed by atoms with Gasteiger partial charge in [-0.1, -0.05) is 35.0 Å². The lowest BCUT2D eigenvalue weighted by molar-refractivity contribution is -0.121. The maximum absolute atomic E-state index is 11.8. The zero-order valence-corrected chi connectivity index (χ0v) is 13.5. The molecule has 0 fully saturated rings. The highest BCUT2D eigenvalue weighted by Crippen LogP contribution is 2.19. The van der Waals surface area contributed by atoms with Gasteiger partial charge in [0.15, 0.2) is 0 Å². The third kappa shape index (κ3) is 4.94. The minimum absolute atomic E-state index is 0.0635. The molecular weight excluding hydrogens is 322 g/mol. The van der Waals surface area contributed by atoms with Gasteiger partial charge >= 0.3 is 6.03 Å². The van der Waals surface area contributed by atoms with Gasteiger partial charge in [-0.2, -0.15) is 0 Å². The van der Waals surface area contributed by atoms with Crippen LogP contribution in [0.3, 0.4) is 0 Å². The smallest absolute Gasteiger partial charge is 0.321 e. The number of hydrogen-bond acceptors (Lipinski definition) is 3. The van der Waals surface area contributed by atoms with Gasteiger partial charge in [-0.25, -0.2) is 4.79 Å². The Morgan fingerprint density at radius 2 is 1.85 bits per heavy atom. The summed E-state index contributed by atoms with van der Waals surface area (Å²) in [5, 5.41) is 7.84. The van der Waals surface area contributed by atoms with E-state index in [1.807, 2.05) is 31.2 Å². The predicted molar refractivity (Wildman–Crippen MR) is 82.4 cm³/mol. The largest absolute Gasteiger partial charge is 0.341 e. The Hall–Kier alpha value is -1.40. The first-order valence-corrected chi connectivity index (χ1v) is 7.31. The lowest BCUT2D eigenvalue weighted by Crippen LogP contribution is -2.48. The molecule has 0 aliphatic carbocycles. The highest BCUT2D eigenvalue weighted by Gasteiger charge is 2.19. The van der Waals surface area contributed by atoms with E-state index < -0.39 is 12.1 Å². The number of imide groups is 1. The standard InChI is InChI=1S/C14H20BrN3O2/c1-4-12(10-5-7-11(15)8-6-10)17-9(2)13(19)18-14(20)16-3/h5-9,12,17H,4H2,1-3H3,(H2,16,18,19,20)/t9-,12+/m1/s1. The van der Waals surface area contributed by atoms with E-state index in [4.69, 9.17) is 0 Å². The van der Waals surface area contributed by atoms with Gasteiger partial charge in [0.25, 0.3) is 0 Å². The number of carbonyl (C=O) groups excluding carboxylic acids is 2. The molecule has 0 bridgehead atoms. The summed E-state index contributed by atoms with van der Waals surface area (Å²) in [6, 6.07) is 7.06. The number of benzene rings is 1. The van der Waals surface area contributed by atoms with E-state index in [1.165, 1.54) is 7.05 Å². The quantitative estimate of drug-likeness (QED) is 0.769. The van der Waals surface area contributed by atoms with Gasteiger partial charge in [0.1, 0.15) is 0 Å². The second-order valence-electron chi connectivity index (χ2n) is 4.47. The molecule has 1 aromatic carbocycles. The normalized spacial score (nSPS) is 13.4. The molecular formula is C14H20BrN3O2. The van der Waals surface area contributed by atoms with Crippen LogP contribution in [-0.2, 0) is 4.79 Å². The molecule has 1 rings (SSSR count). The summed E-state index contributed by atoms with van der Waals surface area (Å²) in [4.78, 5) is 22.9. The van der Waals surface area contributed by atoms with E-state index in [0.29, 0.717) is 0 Å². The van der Waals surface area contributed by atoms with Gasteiger partial charge in [0.05, 0.1) is 6.04 Å². The van der Waals surface area contributed by atoms with E-state index in [-0.39, 0.29) is 11.9 Å². The first kappa shape index (κ1) is 16.7. The maximum atomic E-state index is 11.8. The second-order valence-corrected chi connectivity index (χ2v) is 5.38. The molecule has 3 N–H and O–H groups in total. The minimum Gasteiger partial charge on any atom is -0.341 e. The van der Waals surface area contributed by atoms with Crippen LogP contribution < -0.4 is 16.0 Å². The highest BCUT2D eigenvalue weighted by molar-refractivity contribution is 9.10. The van der Waals surface area contributed by atoms with Crippen molar-refractivity contribution in [1.82, 2.24) is 16.0 Å². The Labute approximate surface area is 127 Å². The van der Waals surface area contributed by atoms with Crippen LogP contribution in [0.15, 0.2) is 28.7 Å². The summed E-state index contributed by atoms with van der Waals surface area (Å²) in [5.41, 5.74) is 1.11. The number of amides is 3. The van der Waals surface area contributed by atoms with Crippen molar-refractivity contribution in [3.05, 3.63) is 34.3 Å². The molecule has 110 valence electrons. The van der Waals surface area contributed by atoms with Crippen LogP contribution in [-0.4, -0.2) is 25.0 Å². The van der Waals surface area contributed by atoms with Crippen LogP contribution >= 0.6 is 15.9 Å². The molecule has 0 aromatic heterocycles. The average molecular weight is 342 g/mol. The lowest BCUT2D eigenvalue weighted by Gasteiger charge is -2.22. The Bertz CT molecular complexity index is 462. The van der Waals surface area contributed by atoms with Crippen molar-refractivity contribution in [3.63, 3.8) is 0 Å². The molecule has 0 aliphatic heterocycles. The molecule has 1 aromatic rings. The summed E-state index contributed by atoms with van der Waals surface area (Å²) < 4.78 is 1.02. The van der Waals surface area contributed by atoms with Crippen LogP contribution in [0.25, 0.3) is 0 Å². The van der Waals surface area contributed by atoms with Crippen LogP contribution in [0.2, 0.25) is 0 Å². The fourth-order valence-corrected chi connectivity index (χ4v) is 2.07. The van der Waals surface area contributed by atoms with Gasteiger partial charge in [-0.3, -0.25) is 15.4 Å². The van der Waals surface area contributed by atoms with Crippen molar-refractivity contribution < 1.29 is 9.59 Å². The number of rotatable bonds is 5. The van der Waals surface area contributed by atoms with Crippen molar-refractivity contribution >= 4 is 27.9 Å². The van der Waals surface area contributed by atoms with E-state index in [9.17, 15) is 9.59 Å². The highest BCUT2D eigenvalue weighted by atomic mass is 79.9. The van der Waals surface area contributed by atoms with E-state index in [0.717, 1.165) is 16.5 Å². The molecule has 5 nitrogen and oxygen atoms in total. The van der Waals surface area contributed by atoms with Crippen molar-refractivity contribution in [2.24, 2.45) is 0 Å². The molecule has 0 heterocycles. The Morgan fingerprint density at radius 1 is 1.25 bits per heavy atom. The van der Waals surface area contributed by atoms with Gasteiger partial charge < -0.3 is 5.32 Å². The molecule has 0 aliphatic rings. The third-order valence-electron chi connectivity index (χ3n) is 2.99. The van der Waals surface area contributed by atoms with Crippen LogP contribution in [0.5, 0.6) is 0 Å². The Kier molecular flexibility index (Phi) is 6.67. The Balaban J connectivity index is 2.66. The summed E-state index contributed by atoms with van der Waals surface area (Å²) in [7, 11) is 1.47. The molecule has 0 radical (unpaired) electrons. The van der Waals surface area contributed by atoms with Crippen molar-refractivity contribution in [2.75, 3.05) is 7.05 Å². The summed E-state index contributed by atoms with van der Waals surface area (Å²) in [6.07, 6.45) is 0.846. The van der Waals surface area contributed by atoms with Crippen LogP contribution in [0.1, 0.15) is 31.9 Å². The molecule has 0 spiro atoms. The number of carbonyl (C=O) groups is 2. The maximum Gasteiger partial charge on any atom is 0.321 e. The van der Waals surface area contributed by atoms with Crippen molar-refractivity contribution in [1.29, 1.82) is 0 Å². The molecule has 0 unspecified atom stereocenters. The Morgan fingerprint density at radius 3 is 2.35 bits per heavy atom. The monoisotopic (exact) mass is 341 g/mol. The summed E-state index contributed by atoms with van der Waals surface area (Å²) in [6.45, 7) is 3.78. The third-order valence-corrected chi connectivity index (χ3v) is 3.52. The molecule has 0 saturated carbocycles. The fraction of sp³-hybridized carbons (Fsp3) is 0.429. The summed E-state index contributed by atoms with van der Waals surface area (Å²) in [5.74, 6) is -0.347. The molecule has 20 heavy (non-hydrogen) atoms. The van der Waals surface area contributed by atoms with E-state index in [2.05, 4.69) is 31.9 Å². The zero-order chi connectivity index (χ0) is 15.1. The van der Waals surface area contributed by atoms with Crippen LogP contribution in [0.4, 0.5) is 4.79 Å². The molecule has 3 amide bonds. The lowest BCUT2D eigenvalue weighted by atomic mass is 10.0. The van der Waals surface area contributed by atoms with E-state index >= 15 is 0 Å². The first-order valence-electron chi connectivity index (χ1n) is 6.52. The SMILES string of the molecule is CC[C@H](N[C@H](C)C(=O)NC(=O)NC)c1ccc(Br)cc1. The van der Waals surface area contributed by atoms with Gasteiger partial charge in [-0.05, 0) is 31.0 Å². The van der Waals surface area contributed by atoms with Gasteiger partial charge in [0, 0.05) is 17.6 Å². The van der Waals surface area contributed by atoms with E-state index in [1.54, 1.807) is 6.92 Å². The molecule has 2 atom stereocenters. The van der Waals surface area contributed by atoms with Crippen LogP contribution in [0, 0.1) is 0 Å². The zero-order valence-electron chi connectivity index (χ0n) is 11.9. The first-order chi connectivity index (χ1) is 9.47. The fourth-order valence-electron chi connectivity index (χ4n) is 1.80. The molecule has 0 saturated heterocycles. The molecule has 6 heteroatoms. The predicted octanol–water partition coefficient (Wildman–Crippen LogP) is 2.33. The van der Waals surface area contributed by atoms with Gasteiger partial charge in [0.2, 0.25) is 5.91 Å². The number of hydrogen-bond donors (Lipinski definition) is 3. The summed E-state index contributed by atoms with van der Waals surface area (Å²) >= 11 is 3.40. The second kappa shape index (κ2) is 8.01. The topological polar surface area (TPSA) is 70.2 Å². The average Bonchev–Trinajstić information content (AvgIpc) is 2.45.